The van der Waals surface area contributed by atoms with Crippen LogP contribution in [0.15, 0.2) is 273 Å². The summed E-state index contributed by atoms with van der Waals surface area (Å²) in [7, 11) is 0. The van der Waals surface area contributed by atoms with Crippen LogP contribution >= 0.6 is 0 Å². The minimum atomic E-state index is 1.07. The van der Waals surface area contributed by atoms with Crippen LogP contribution < -0.4 is 4.90 Å². The molecule has 2 heterocycles. The van der Waals surface area contributed by atoms with E-state index in [1.807, 2.05) is 0 Å². The van der Waals surface area contributed by atoms with Crippen LogP contribution in [0.1, 0.15) is 0 Å². The molecule has 12 aromatic rings. The van der Waals surface area contributed by atoms with Gasteiger partial charge in [-0.3, -0.25) is 0 Å². The summed E-state index contributed by atoms with van der Waals surface area (Å²) in [5.74, 6) is 0. The van der Waals surface area contributed by atoms with Crippen LogP contribution in [0, 0.1) is 0 Å². The number of para-hydroxylation sites is 2. The maximum Gasteiger partial charge on any atom is 0.0534 e. The molecule has 0 aliphatic carbocycles. The van der Waals surface area contributed by atoms with Crippen molar-refractivity contribution in [2.24, 2.45) is 0 Å². The van der Waals surface area contributed by atoms with Gasteiger partial charge in [-0.1, -0.05) is 176 Å². The Morgan fingerprint density at radius 3 is 1.04 bits per heavy atom. The van der Waals surface area contributed by atoms with Crippen molar-refractivity contribution in [3.8, 4) is 67.0 Å². The molecule has 2 aromatic heterocycles. The van der Waals surface area contributed by atoms with Gasteiger partial charge in [0.2, 0.25) is 0 Å². The second-order valence-electron chi connectivity index (χ2n) is 17.0. The minimum Gasteiger partial charge on any atom is -0.317 e. The summed E-state index contributed by atoms with van der Waals surface area (Å²) in [5, 5.41) is 2.42. The first-order valence-corrected chi connectivity index (χ1v) is 22.9. The highest BCUT2D eigenvalue weighted by Crippen LogP contribution is 2.46. The molecule has 0 aliphatic heterocycles. The van der Waals surface area contributed by atoms with Crippen molar-refractivity contribution in [1.82, 2.24) is 9.13 Å². The minimum absolute atomic E-state index is 1.07. The Kier molecular flexibility index (Phi) is 10.2. The summed E-state index contributed by atoms with van der Waals surface area (Å²) < 4.78 is 4.56. The molecule has 0 bridgehead atoms. The zero-order valence-corrected chi connectivity index (χ0v) is 36.8. The molecule has 0 N–H and O–H groups in total. The maximum atomic E-state index is 2.42. The molecule has 0 radical (unpaired) electrons. The van der Waals surface area contributed by atoms with E-state index in [9.17, 15) is 0 Å². The van der Waals surface area contributed by atoms with E-state index >= 15 is 0 Å². The highest BCUT2D eigenvalue weighted by molar-refractivity contribution is 6.03. The van der Waals surface area contributed by atoms with Crippen molar-refractivity contribution in [3.05, 3.63) is 273 Å². The number of aromatic nitrogens is 2. The van der Waals surface area contributed by atoms with Crippen LogP contribution in [0.25, 0.3) is 88.8 Å². The van der Waals surface area contributed by atoms with E-state index in [4.69, 9.17) is 0 Å². The van der Waals surface area contributed by atoms with Gasteiger partial charge in [-0.05, 0) is 141 Å². The van der Waals surface area contributed by atoms with E-state index in [0.717, 1.165) is 39.6 Å². The average molecular weight is 856 g/mol. The first-order chi connectivity index (χ1) is 33.2. The summed E-state index contributed by atoms with van der Waals surface area (Å²) in [6.07, 6.45) is 4.38. The third-order valence-electron chi connectivity index (χ3n) is 13.0. The van der Waals surface area contributed by atoms with Crippen molar-refractivity contribution in [2.45, 2.75) is 0 Å². The fourth-order valence-electron chi connectivity index (χ4n) is 9.84. The molecule has 0 fully saturated rings. The highest BCUT2D eigenvalue weighted by atomic mass is 15.1. The van der Waals surface area contributed by atoms with E-state index in [1.54, 1.807) is 0 Å². The molecule has 0 saturated heterocycles. The number of rotatable bonds is 10. The van der Waals surface area contributed by atoms with Gasteiger partial charge in [0.15, 0.2) is 0 Å². The number of nitrogens with zero attached hydrogens (tertiary/aromatic N) is 3. The third kappa shape index (κ3) is 7.39. The van der Waals surface area contributed by atoms with Crippen LogP contribution in [0.4, 0.5) is 17.1 Å². The molecule has 0 amide bonds. The third-order valence-corrected chi connectivity index (χ3v) is 13.0. The van der Waals surface area contributed by atoms with Gasteiger partial charge in [-0.2, -0.15) is 0 Å². The van der Waals surface area contributed by atoms with Gasteiger partial charge >= 0.3 is 0 Å². The normalized spacial score (nSPS) is 11.3. The number of anilines is 3. The molecular formula is C64H45N3. The lowest BCUT2D eigenvalue weighted by Gasteiger charge is -2.28. The zero-order chi connectivity index (χ0) is 44.5. The monoisotopic (exact) mass is 855 g/mol. The Bertz CT molecular complexity index is 3440. The van der Waals surface area contributed by atoms with Crippen molar-refractivity contribution >= 4 is 38.9 Å². The molecule has 0 unspecified atom stereocenters. The summed E-state index contributed by atoms with van der Waals surface area (Å²) in [6, 6.07) is 94.3. The van der Waals surface area contributed by atoms with Crippen LogP contribution in [-0.2, 0) is 0 Å². The highest BCUT2D eigenvalue weighted by Gasteiger charge is 2.21. The van der Waals surface area contributed by atoms with Gasteiger partial charge < -0.3 is 14.0 Å². The van der Waals surface area contributed by atoms with Gasteiger partial charge in [-0.15, -0.1) is 0 Å². The first kappa shape index (κ1) is 39.7. The summed E-state index contributed by atoms with van der Waals surface area (Å²) in [6.45, 7) is 0. The maximum absolute atomic E-state index is 2.42. The molecule has 67 heavy (non-hydrogen) atoms. The fourth-order valence-corrected chi connectivity index (χ4v) is 9.84. The Morgan fingerprint density at radius 2 is 0.612 bits per heavy atom. The van der Waals surface area contributed by atoms with Crippen molar-refractivity contribution in [1.29, 1.82) is 0 Å². The number of benzene rings is 10. The molecule has 0 saturated carbocycles. The molecule has 0 atom stereocenters. The standard InChI is InChI=1S/C64H45N3/c1-6-18-46(19-7-1)47-32-34-52(35-33-47)67(53-36-38-57(61(44-53)48-20-8-2-9-21-48)55-28-16-30-63-59(55)40-42-65(63)50-24-12-4-13-25-50)54-37-39-58(62(45-54)49-22-10-3-11-23-49)56-29-17-31-64-60(56)41-43-66(64)51-26-14-5-15-27-51/h1-45H. The Balaban J connectivity index is 1.05. The fraction of sp³-hybridized carbons (Fsp3) is 0. The summed E-state index contributed by atoms with van der Waals surface area (Å²) in [5.41, 5.74) is 19.6. The van der Waals surface area contributed by atoms with Crippen molar-refractivity contribution in [2.75, 3.05) is 4.90 Å². The van der Waals surface area contributed by atoms with Gasteiger partial charge in [0.1, 0.15) is 0 Å². The van der Waals surface area contributed by atoms with E-state index < -0.39 is 0 Å². The topological polar surface area (TPSA) is 13.1 Å². The molecule has 0 aliphatic rings. The number of hydrogen-bond acceptors (Lipinski definition) is 1. The molecular weight excluding hydrogens is 811 g/mol. The van der Waals surface area contributed by atoms with Crippen LogP contribution in [0.2, 0.25) is 0 Å². The van der Waals surface area contributed by atoms with Gasteiger partial charge in [0, 0.05) is 51.6 Å². The number of hydrogen-bond donors (Lipinski definition) is 0. The van der Waals surface area contributed by atoms with E-state index in [0.29, 0.717) is 0 Å². The average Bonchev–Trinajstić information content (AvgIpc) is 4.06. The summed E-state index contributed by atoms with van der Waals surface area (Å²) >= 11 is 0. The molecule has 316 valence electrons. The van der Waals surface area contributed by atoms with Crippen molar-refractivity contribution < 1.29 is 0 Å². The largest absolute Gasteiger partial charge is 0.317 e. The molecule has 3 heteroatoms. The SMILES string of the molecule is c1ccc(-c2ccc(N(c3ccc(-c4cccc5c4ccn5-c4ccccc4)c(-c4ccccc4)c3)c3ccc(-c4cccc5c4ccn5-c4ccccc4)c(-c4ccccc4)c3)cc2)cc1. The van der Waals surface area contributed by atoms with Gasteiger partial charge in [0.05, 0.1) is 11.0 Å². The second-order valence-corrected chi connectivity index (χ2v) is 17.0. The molecule has 10 aromatic carbocycles. The van der Waals surface area contributed by atoms with Crippen LogP contribution in [0.5, 0.6) is 0 Å². The predicted octanol–water partition coefficient (Wildman–Crippen LogP) is 17.4. The lowest BCUT2D eigenvalue weighted by atomic mass is 9.91. The Morgan fingerprint density at radius 1 is 0.239 bits per heavy atom. The Labute approximate surface area is 391 Å². The zero-order valence-electron chi connectivity index (χ0n) is 36.8. The van der Waals surface area contributed by atoms with E-state index in [1.165, 1.54) is 66.3 Å². The van der Waals surface area contributed by atoms with Crippen molar-refractivity contribution in [3.63, 3.8) is 0 Å². The molecule has 3 nitrogen and oxygen atoms in total. The Hall–Kier alpha value is -8.92. The predicted molar refractivity (Wildman–Crippen MR) is 282 cm³/mol. The van der Waals surface area contributed by atoms with Gasteiger partial charge in [0.25, 0.3) is 0 Å². The molecule has 0 spiro atoms. The summed E-state index contributed by atoms with van der Waals surface area (Å²) in [4.78, 5) is 2.42. The lowest BCUT2D eigenvalue weighted by molar-refractivity contribution is 1.13. The molecule has 12 rings (SSSR count). The smallest absolute Gasteiger partial charge is 0.0534 e. The lowest BCUT2D eigenvalue weighted by Crippen LogP contribution is -2.10. The quantitative estimate of drug-likeness (QED) is 0.134. The second kappa shape index (κ2) is 17.2. The van der Waals surface area contributed by atoms with Gasteiger partial charge in [-0.25, -0.2) is 0 Å². The van der Waals surface area contributed by atoms with E-state index in [2.05, 4.69) is 287 Å². The first-order valence-electron chi connectivity index (χ1n) is 22.9. The van der Waals surface area contributed by atoms with Crippen LogP contribution in [0.3, 0.4) is 0 Å². The van der Waals surface area contributed by atoms with Crippen LogP contribution in [-0.4, -0.2) is 9.13 Å². The van der Waals surface area contributed by atoms with E-state index in [-0.39, 0.29) is 0 Å². The number of fused-ring (bicyclic) bond motifs is 2.